The standard InChI is InChI=1S/C21H23NO3S/c1-5-25-21(24)20-17-11-15(23)6-7-18(17)22(4)19(20)12-26-16-9-13(2)8-14(3)10-16/h6-11,23H,5,12H2,1-4H3. The predicted molar refractivity (Wildman–Crippen MR) is 106 cm³/mol. The molecule has 0 aliphatic carbocycles. The van der Waals surface area contributed by atoms with E-state index in [2.05, 4.69) is 32.0 Å². The van der Waals surface area contributed by atoms with Crippen molar-refractivity contribution in [1.29, 1.82) is 0 Å². The molecule has 0 saturated carbocycles. The number of carbonyl (C=O) groups is 1. The molecule has 26 heavy (non-hydrogen) atoms. The van der Waals surface area contributed by atoms with Crippen molar-refractivity contribution in [2.75, 3.05) is 6.61 Å². The maximum atomic E-state index is 12.6. The van der Waals surface area contributed by atoms with Crippen LogP contribution in [-0.2, 0) is 17.5 Å². The van der Waals surface area contributed by atoms with Gasteiger partial charge in [-0.25, -0.2) is 4.79 Å². The van der Waals surface area contributed by atoms with Gasteiger partial charge < -0.3 is 14.4 Å². The lowest BCUT2D eigenvalue weighted by atomic mass is 10.1. The van der Waals surface area contributed by atoms with Crippen LogP contribution in [0.1, 0.15) is 34.1 Å². The quantitative estimate of drug-likeness (QED) is 0.510. The lowest BCUT2D eigenvalue weighted by molar-refractivity contribution is 0.0527. The molecule has 136 valence electrons. The minimum Gasteiger partial charge on any atom is -0.508 e. The van der Waals surface area contributed by atoms with Gasteiger partial charge in [0.25, 0.3) is 0 Å². The Morgan fingerprint density at radius 1 is 1.15 bits per heavy atom. The summed E-state index contributed by atoms with van der Waals surface area (Å²) in [4.78, 5) is 13.8. The average Bonchev–Trinajstić information content (AvgIpc) is 2.84. The van der Waals surface area contributed by atoms with Crippen molar-refractivity contribution in [3.63, 3.8) is 0 Å². The highest BCUT2D eigenvalue weighted by Crippen LogP contribution is 2.33. The minimum atomic E-state index is -0.347. The SMILES string of the molecule is CCOC(=O)c1c(CSc2cc(C)cc(C)c2)n(C)c2ccc(O)cc12. The number of benzene rings is 2. The first-order valence-corrected chi connectivity index (χ1v) is 9.57. The van der Waals surface area contributed by atoms with Crippen molar-refractivity contribution in [3.8, 4) is 5.75 Å². The summed E-state index contributed by atoms with van der Waals surface area (Å²) in [5.41, 5.74) is 4.78. The summed E-state index contributed by atoms with van der Waals surface area (Å²) in [6.45, 7) is 6.28. The van der Waals surface area contributed by atoms with Crippen molar-refractivity contribution in [3.05, 3.63) is 58.8 Å². The zero-order valence-electron chi connectivity index (χ0n) is 15.5. The number of phenolic OH excluding ortho intramolecular Hbond substituents is 1. The Morgan fingerprint density at radius 3 is 2.50 bits per heavy atom. The smallest absolute Gasteiger partial charge is 0.340 e. The zero-order chi connectivity index (χ0) is 18.8. The van der Waals surface area contributed by atoms with Gasteiger partial charge in [0.1, 0.15) is 5.75 Å². The average molecular weight is 369 g/mol. The third kappa shape index (κ3) is 3.58. The fourth-order valence-corrected chi connectivity index (χ4v) is 4.43. The number of aromatic hydroxyl groups is 1. The summed E-state index contributed by atoms with van der Waals surface area (Å²) in [6, 6.07) is 11.5. The van der Waals surface area contributed by atoms with Crippen molar-refractivity contribution in [1.82, 2.24) is 4.57 Å². The second-order valence-corrected chi connectivity index (χ2v) is 7.46. The topological polar surface area (TPSA) is 51.5 Å². The summed E-state index contributed by atoms with van der Waals surface area (Å²) in [6.07, 6.45) is 0. The van der Waals surface area contributed by atoms with E-state index >= 15 is 0 Å². The van der Waals surface area contributed by atoms with Crippen molar-refractivity contribution in [2.24, 2.45) is 7.05 Å². The fourth-order valence-electron chi connectivity index (χ4n) is 3.25. The second kappa shape index (κ2) is 7.46. The number of aromatic nitrogens is 1. The molecule has 4 nitrogen and oxygen atoms in total. The van der Waals surface area contributed by atoms with E-state index in [1.54, 1.807) is 30.8 Å². The number of thioether (sulfide) groups is 1. The molecule has 0 unspecified atom stereocenters. The van der Waals surface area contributed by atoms with Gasteiger partial charge in [0.2, 0.25) is 0 Å². The van der Waals surface area contributed by atoms with Gasteiger partial charge in [0.15, 0.2) is 0 Å². The van der Waals surface area contributed by atoms with Gasteiger partial charge in [0, 0.05) is 34.3 Å². The highest BCUT2D eigenvalue weighted by Gasteiger charge is 2.22. The number of aryl methyl sites for hydroxylation is 3. The highest BCUT2D eigenvalue weighted by atomic mass is 32.2. The predicted octanol–water partition coefficient (Wildman–Crippen LogP) is 4.97. The number of fused-ring (bicyclic) bond motifs is 1. The van der Waals surface area contributed by atoms with Crippen LogP contribution in [0.15, 0.2) is 41.3 Å². The van der Waals surface area contributed by atoms with Crippen LogP contribution in [0.4, 0.5) is 0 Å². The number of ether oxygens (including phenoxy) is 1. The van der Waals surface area contributed by atoms with E-state index in [1.807, 2.05) is 17.7 Å². The molecule has 0 fully saturated rings. The Balaban J connectivity index is 2.04. The maximum Gasteiger partial charge on any atom is 0.340 e. The van der Waals surface area contributed by atoms with E-state index in [1.165, 1.54) is 16.0 Å². The van der Waals surface area contributed by atoms with Crippen LogP contribution in [0.3, 0.4) is 0 Å². The Hall–Kier alpha value is -2.40. The van der Waals surface area contributed by atoms with Crippen molar-refractivity contribution in [2.45, 2.75) is 31.4 Å². The van der Waals surface area contributed by atoms with Crippen molar-refractivity contribution >= 4 is 28.6 Å². The van der Waals surface area contributed by atoms with E-state index in [9.17, 15) is 9.90 Å². The van der Waals surface area contributed by atoms with Gasteiger partial charge in [-0.2, -0.15) is 0 Å². The molecule has 3 rings (SSSR count). The molecule has 3 aromatic rings. The molecule has 0 radical (unpaired) electrons. The Labute approximate surface area is 157 Å². The van der Waals surface area contributed by atoms with Gasteiger partial charge in [-0.05, 0) is 62.2 Å². The summed E-state index contributed by atoms with van der Waals surface area (Å²) < 4.78 is 7.29. The molecule has 0 bridgehead atoms. The van der Waals surface area contributed by atoms with Gasteiger partial charge >= 0.3 is 5.97 Å². The normalized spacial score (nSPS) is 11.1. The molecular formula is C21H23NO3S. The van der Waals surface area contributed by atoms with Gasteiger partial charge in [0.05, 0.1) is 12.2 Å². The number of esters is 1. The van der Waals surface area contributed by atoms with Crippen molar-refractivity contribution < 1.29 is 14.6 Å². The lowest BCUT2D eigenvalue weighted by Crippen LogP contribution is -2.08. The summed E-state index contributed by atoms with van der Waals surface area (Å²) in [7, 11) is 1.94. The van der Waals surface area contributed by atoms with Crippen LogP contribution in [0.25, 0.3) is 10.9 Å². The number of nitrogens with zero attached hydrogens (tertiary/aromatic N) is 1. The molecular weight excluding hydrogens is 346 g/mol. The third-order valence-corrected chi connectivity index (χ3v) is 5.34. The second-order valence-electron chi connectivity index (χ2n) is 6.41. The van der Waals surface area contributed by atoms with Crippen LogP contribution in [0, 0.1) is 13.8 Å². The van der Waals surface area contributed by atoms with E-state index < -0.39 is 0 Å². The number of carbonyl (C=O) groups excluding carboxylic acids is 1. The van der Waals surface area contributed by atoms with Crippen LogP contribution < -0.4 is 0 Å². The molecule has 1 N–H and O–H groups in total. The molecule has 1 aromatic heterocycles. The molecule has 0 spiro atoms. The van der Waals surface area contributed by atoms with Crippen LogP contribution in [0.5, 0.6) is 5.75 Å². The molecule has 2 aromatic carbocycles. The van der Waals surface area contributed by atoms with Gasteiger partial charge in [-0.15, -0.1) is 11.8 Å². The summed E-state index contributed by atoms with van der Waals surface area (Å²) in [5, 5.41) is 10.6. The molecule has 0 aliphatic heterocycles. The molecule has 5 heteroatoms. The maximum absolute atomic E-state index is 12.6. The van der Waals surface area contributed by atoms with E-state index in [0.717, 1.165) is 16.6 Å². The first kappa shape index (κ1) is 18.4. The van der Waals surface area contributed by atoms with E-state index in [-0.39, 0.29) is 11.7 Å². The molecule has 0 aliphatic rings. The Bertz CT molecular complexity index is 955. The Morgan fingerprint density at radius 2 is 1.85 bits per heavy atom. The number of phenols is 1. The number of hydrogen-bond donors (Lipinski definition) is 1. The largest absolute Gasteiger partial charge is 0.508 e. The minimum absolute atomic E-state index is 0.141. The summed E-state index contributed by atoms with van der Waals surface area (Å²) in [5.74, 6) is 0.435. The highest BCUT2D eigenvalue weighted by molar-refractivity contribution is 7.98. The summed E-state index contributed by atoms with van der Waals surface area (Å²) >= 11 is 1.69. The van der Waals surface area contributed by atoms with Crippen LogP contribution >= 0.6 is 11.8 Å². The van der Waals surface area contributed by atoms with Gasteiger partial charge in [-0.3, -0.25) is 0 Å². The molecule has 0 amide bonds. The van der Waals surface area contributed by atoms with Crippen LogP contribution in [0.2, 0.25) is 0 Å². The molecule has 1 heterocycles. The zero-order valence-corrected chi connectivity index (χ0v) is 16.3. The monoisotopic (exact) mass is 369 g/mol. The van der Waals surface area contributed by atoms with E-state index in [4.69, 9.17) is 4.74 Å². The lowest BCUT2D eigenvalue weighted by Gasteiger charge is -2.09. The fraction of sp³-hybridized carbons (Fsp3) is 0.286. The van der Waals surface area contributed by atoms with Crippen LogP contribution in [-0.4, -0.2) is 22.2 Å². The first-order valence-electron chi connectivity index (χ1n) is 8.59. The van der Waals surface area contributed by atoms with Gasteiger partial charge in [-0.1, -0.05) is 6.07 Å². The number of hydrogen-bond acceptors (Lipinski definition) is 4. The third-order valence-electron chi connectivity index (χ3n) is 4.35. The molecule has 0 atom stereocenters. The number of rotatable bonds is 5. The van der Waals surface area contributed by atoms with E-state index in [0.29, 0.717) is 17.9 Å². The Kier molecular flexibility index (Phi) is 5.28. The molecule has 0 saturated heterocycles. The first-order chi connectivity index (χ1) is 12.4.